The van der Waals surface area contributed by atoms with Crippen LogP contribution in [0.1, 0.15) is 32.1 Å². The molecular weight excluding hydrogens is 350 g/mol. The molecule has 1 aliphatic carbocycles. The second-order valence-corrected chi connectivity index (χ2v) is 6.84. The first-order valence-electron chi connectivity index (χ1n) is 9.35. The van der Waals surface area contributed by atoms with Gasteiger partial charge in [0.05, 0.1) is 33.0 Å². The molecule has 1 aromatic carbocycles. The number of nitrogens with one attached hydrogen (secondary N) is 2. The minimum absolute atomic E-state index is 0.206. The number of anilines is 1. The first-order valence-corrected chi connectivity index (χ1v) is 9.35. The normalized spacial score (nSPS) is 20.1. The number of cyclic esters (lactones) is 1. The Morgan fingerprint density at radius 3 is 2.63 bits per heavy atom. The minimum Gasteiger partial charge on any atom is -0.493 e. The van der Waals surface area contributed by atoms with Crippen LogP contribution in [0.5, 0.6) is 11.5 Å². The van der Waals surface area contributed by atoms with E-state index in [2.05, 4.69) is 10.6 Å². The standard InChI is InChI=1S/C19H27N3O5/c1-25-16-9-8-14(10-17(16)26-2)22-12-15(27-19(22)24)11-20-18(23)21-13-6-4-3-5-7-13/h8-10,13,15H,3-7,11-12H2,1-2H3,(H2,20,21,23). The zero-order valence-electron chi connectivity index (χ0n) is 15.8. The van der Waals surface area contributed by atoms with E-state index in [9.17, 15) is 9.59 Å². The van der Waals surface area contributed by atoms with Gasteiger partial charge in [0.15, 0.2) is 11.5 Å². The Morgan fingerprint density at radius 2 is 1.93 bits per heavy atom. The van der Waals surface area contributed by atoms with Crippen molar-refractivity contribution >= 4 is 17.8 Å². The van der Waals surface area contributed by atoms with Gasteiger partial charge in [0.1, 0.15) is 6.10 Å². The van der Waals surface area contributed by atoms with Gasteiger partial charge in [-0.1, -0.05) is 19.3 Å². The highest BCUT2D eigenvalue weighted by Gasteiger charge is 2.33. The summed E-state index contributed by atoms with van der Waals surface area (Å²) in [5.74, 6) is 1.13. The van der Waals surface area contributed by atoms with E-state index < -0.39 is 12.2 Å². The Kier molecular flexibility index (Phi) is 6.26. The predicted molar refractivity (Wildman–Crippen MR) is 101 cm³/mol. The number of hydrogen-bond acceptors (Lipinski definition) is 5. The zero-order chi connectivity index (χ0) is 19.2. The van der Waals surface area contributed by atoms with E-state index in [1.807, 2.05) is 0 Å². The Hall–Kier alpha value is -2.64. The predicted octanol–water partition coefficient (Wildman–Crippen LogP) is 2.66. The summed E-state index contributed by atoms with van der Waals surface area (Å²) in [5.41, 5.74) is 0.659. The van der Waals surface area contributed by atoms with Crippen molar-refractivity contribution in [2.45, 2.75) is 44.2 Å². The van der Waals surface area contributed by atoms with Crippen LogP contribution < -0.4 is 25.0 Å². The number of urea groups is 1. The third-order valence-electron chi connectivity index (χ3n) is 4.98. The Morgan fingerprint density at radius 1 is 1.19 bits per heavy atom. The lowest BCUT2D eigenvalue weighted by Crippen LogP contribution is -2.45. The van der Waals surface area contributed by atoms with Crippen molar-refractivity contribution in [1.82, 2.24) is 10.6 Å². The molecule has 0 aromatic heterocycles. The monoisotopic (exact) mass is 377 g/mol. The highest BCUT2D eigenvalue weighted by atomic mass is 16.6. The van der Waals surface area contributed by atoms with Crippen molar-refractivity contribution in [2.75, 3.05) is 32.2 Å². The van der Waals surface area contributed by atoms with Gasteiger partial charge in [0.2, 0.25) is 0 Å². The van der Waals surface area contributed by atoms with Crippen molar-refractivity contribution in [2.24, 2.45) is 0 Å². The van der Waals surface area contributed by atoms with Gasteiger partial charge < -0.3 is 24.8 Å². The molecule has 1 unspecified atom stereocenters. The second-order valence-electron chi connectivity index (χ2n) is 6.84. The van der Waals surface area contributed by atoms with E-state index in [0.29, 0.717) is 23.7 Å². The molecule has 1 atom stereocenters. The number of benzene rings is 1. The molecule has 2 aliphatic rings. The maximum absolute atomic E-state index is 12.2. The average Bonchev–Trinajstić information content (AvgIpc) is 3.07. The molecule has 0 radical (unpaired) electrons. The molecule has 148 valence electrons. The molecule has 8 nitrogen and oxygen atoms in total. The Bertz CT molecular complexity index is 675. The number of methoxy groups -OCH3 is 2. The summed E-state index contributed by atoms with van der Waals surface area (Å²) in [6.07, 6.45) is 4.77. The first kappa shape index (κ1) is 19.1. The van der Waals surface area contributed by atoms with Crippen LogP contribution in [0.2, 0.25) is 0 Å². The summed E-state index contributed by atoms with van der Waals surface area (Å²) in [5, 5.41) is 5.80. The first-order chi connectivity index (χ1) is 13.1. The van der Waals surface area contributed by atoms with Gasteiger partial charge >= 0.3 is 12.1 Å². The van der Waals surface area contributed by atoms with Gasteiger partial charge in [-0.25, -0.2) is 9.59 Å². The number of carbonyl (C=O) groups excluding carboxylic acids is 2. The van der Waals surface area contributed by atoms with Crippen molar-refractivity contribution in [1.29, 1.82) is 0 Å². The van der Waals surface area contributed by atoms with Gasteiger partial charge in [0.25, 0.3) is 0 Å². The third kappa shape index (κ3) is 4.75. The quantitative estimate of drug-likeness (QED) is 0.796. The number of hydrogen-bond donors (Lipinski definition) is 2. The molecule has 3 amide bonds. The molecule has 1 aliphatic heterocycles. The van der Waals surface area contributed by atoms with Crippen molar-refractivity contribution in [3.05, 3.63) is 18.2 Å². The third-order valence-corrected chi connectivity index (χ3v) is 4.98. The van der Waals surface area contributed by atoms with Crippen LogP contribution in [-0.4, -0.2) is 51.6 Å². The fourth-order valence-corrected chi connectivity index (χ4v) is 3.52. The summed E-state index contributed by atoms with van der Waals surface area (Å²) >= 11 is 0. The van der Waals surface area contributed by atoms with E-state index in [1.54, 1.807) is 32.4 Å². The molecule has 3 rings (SSSR count). The van der Waals surface area contributed by atoms with Gasteiger partial charge in [-0.2, -0.15) is 0 Å². The molecule has 0 bridgehead atoms. The van der Waals surface area contributed by atoms with Gasteiger partial charge in [-0.05, 0) is 25.0 Å². The van der Waals surface area contributed by atoms with Crippen LogP contribution in [0.4, 0.5) is 15.3 Å². The maximum Gasteiger partial charge on any atom is 0.414 e. The molecule has 2 fully saturated rings. The molecule has 1 heterocycles. The zero-order valence-corrected chi connectivity index (χ0v) is 15.8. The summed E-state index contributed by atoms with van der Waals surface area (Å²) in [6, 6.07) is 5.28. The maximum atomic E-state index is 12.2. The van der Waals surface area contributed by atoms with Gasteiger partial charge in [-0.15, -0.1) is 0 Å². The topological polar surface area (TPSA) is 89.1 Å². The lowest BCUT2D eigenvalue weighted by atomic mass is 9.96. The summed E-state index contributed by atoms with van der Waals surface area (Å²) in [6.45, 7) is 0.631. The summed E-state index contributed by atoms with van der Waals surface area (Å²) < 4.78 is 15.9. The largest absolute Gasteiger partial charge is 0.493 e. The van der Waals surface area contributed by atoms with Crippen molar-refractivity contribution < 1.29 is 23.8 Å². The molecule has 1 aromatic rings. The van der Waals surface area contributed by atoms with Crippen molar-refractivity contribution in [3.63, 3.8) is 0 Å². The van der Waals surface area contributed by atoms with E-state index in [0.717, 1.165) is 25.7 Å². The molecule has 0 spiro atoms. The fourth-order valence-electron chi connectivity index (χ4n) is 3.52. The second kappa shape index (κ2) is 8.83. The Labute approximate surface area is 159 Å². The summed E-state index contributed by atoms with van der Waals surface area (Å²) in [4.78, 5) is 25.8. The number of rotatable bonds is 6. The highest BCUT2D eigenvalue weighted by Crippen LogP contribution is 2.33. The Balaban J connectivity index is 1.52. The molecular formula is C19H27N3O5. The molecule has 1 saturated carbocycles. The van der Waals surface area contributed by atoms with Crippen LogP contribution in [0, 0.1) is 0 Å². The fraction of sp³-hybridized carbons (Fsp3) is 0.579. The average molecular weight is 377 g/mol. The van der Waals surface area contributed by atoms with E-state index in [1.165, 1.54) is 11.3 Å². The summed E-state index contributed by atoms with van der Waals surface area (Å²) in [7, 11) is 3.10. The van der Waals surface area contributed by atoms with Crippen LogP contribution in [0.25, 0.3) is 0 Å². The van der Waals surface area contributed by atoms with Crippen LogP contribution in [0.3, 0.4) is 0 Å². The van der Waals surface area contributed by atoms with Crippen molar-refractivity contribution in [3.8, 4) is 11.5 Å². The van der Waals surface area contributed by atoms with Crippen LogP contribution >= 0.6 is 0 Å². The lowest BCUT2D eigenvalue weighted by Gasteiger charge is -2.23. The lowest BCUT2D eigenvalue weighted by molar-refractivity contribution is 0.140. The SMILES string of the molecule is COc1ccc(N2CC(CNC(=O)NC3CCCCC3)OC2=O)cc1OC. The molecule has 2 N–H and O–H groups in total. The van der Waals surface area contributed by atoms with Crippen LogP contribution in [0.15, 0.2) is 18.2 Å². The molecule has 27 heavy (non-hydrogen) atoms. The smallest absolute Gasteiger partial charge is 0.414 e. The molecule has 1 saturated heterocycles. The van der Waals surface area contributed by atoms with E-state index in [4.69, 9.17) is 14.2 Å². The number of amides is 3. The van der Waals surface area contributed by atoms with E-state index >= 15 is 0 Å². The number of carbonyl (C=O) groups is 2. The minimum atomic E-state index is -0.443. The van der Waals surface area contributed by atoms with Crippen LogP contribution in [-0.2, 0) is 4.74 Å². The van der Waals surface area contributed by atoms with E-state index in [-0.39, 0.29) is 18.6 Å². The van der Waals surface area contributed by atoms with Gasteiger partial charge in [0, 0.05) is 12.1 Å². The number of ether oxygens (including phenoxy) is 3. The van der Waals surface area contributed by atoms with Gasteiger partial charge in [-0.3, -0.25) is 4.90 Å². The highest BCUT2D eigenvalue weighted by molar-refractivity contribution is 5.90. The number of nitrogens with zero attached hydrogens (tertiary/aromatic N) is 1. The molecule has 8 heteroatoms.